The number of nitrogens with one attached hydrogen (secondary N) is 1. The highest BCUT2D eigenvalue weighted by atomic mass is 14.9. The Bertz CT molecular complexity index is 302. The van der Waals surface area contributed by atoms with Crippen LogP contribution in [0.25, 0.3) is 0 Å². The van der Waals surface area contributed by atoms with Gasteiger partial charge in [-0.1, -0.05) is 57.0 Å². The van der Waals surface area contributed by atoms with Gasteiger partial charge >= 0.3 is 0 Å². The van der Waals surface area contributed by atoms with Gasteiger partial charge in [-0.15, -0.1) is 0 Å². The average Bonchev–Trinajstić information content (AvgIpc) is 2.36. The van der Waals surface area contributed by atoms with Gasteiger partial charge in [0.05, 0.1) is 0 Å². The van der Waals surface area contributed by atoms with Crippen molar-refractivity contribution in [2.24, 2.45) is 5.92 Å². The van der Waals surface area contributed by atoms with Gasteiger partial charge in [0.15, 0.2) is 0 Å². The molecule has 1 N–H and O–H groups in total. The van der Waals surface area contributed by atoms with E-state index in [4.69, 9.17) is 0 Å². The minimum Gasteiger partial charge on any atom is -0.310 e. The molecule has 0 aliphatic carbocycles. The van der Waals surface area contributed by atoms with E-state index in [2.05, 4.69) is 57.3 Å². The van der Waals surface area contributed by atoms with Crippen molar-refractivity contribution < 1.29 is 0 Å². The summed E-state index contributed by atoms with van der Waals surface area (Å²) < 4.78 is 0. The summed E-state index contributed by atoms with van der Waals surface area (Å²) in [5.74, 6) is 0.825. The maximum absolute atomic E-state index is 3.67. The minimum absolute atomic E-state index is 0.659. The molecule has 1 rings (SSSR count). The Balaban J connectivity index is 2.39. The summed E-state index contributed by atoms with van der Waals surface area (Å²) in [6, 6.07) is 9.47. The molecule has 0 radical (unpaired) electrons. The Morgan fingerprint density at radius 3 is 2.24 bits per heavy atom. The summed E-state index contributed by atoms with van der Waals surface area (Å²) in [7, 11) is 0. The van der Waals surface area contributed by atoms with Crippen molar-refractivity contribution in [1.29, 1.82) is 0 Å². The maximum Gasteiger partial charge on any atom is 0.0208 e. The van der Waals surface area contributed by atoms with Crippen molar-refractivity contribution in [1.82, 2.24) is 5.32 Å². The SMILES string of the molecule is CCC(C)CC(CC)NCc1ccc(C)cc1. The zero-order valence-electron chi connectivity index (χ0n) is 11.8. The van der Waals surface area contributed by atoms with Crippen molar-refractivity contribution in [3.8, 4) is 0 Å². The van der Waals surface area contributed by atoms with E-state index < -0.39 is 0 Å². The molecule has 1 nitrogen and oxygen atoms in total. The Morgan fingerprint density at radius 2 is 1.71 bits per heavy atom. The number of rotatable bonds is 7. The van der Waals surface area contributed by atoms with E-state index in [0.29, 0.717) is 6.04 Å². The monoisotopic (exact) mass is 233 g/mol. The van der Waals surface area contributed by atoms with E-state index >= 15 is 0 Å². The van der Waals surface area contributed by atoms with Gasteiger partial charge in [0.2, 0.25) is 0 Å². The van der Waals surface area contributed by atoms with Crippen LogP contribution in [0.1, 0.15) is 51.2 Å². The van der Waals surface area contributed by atoms with E-state index in [0.717, 1.165) is 12.5 Å². The highest BCUT2D eigenvalue weighted by Gasteiger charge is 2.09. The summed E-state index contributed by atoms with van der Waals surface area (Å²) in [6.07, 6.45) is 3.79. The summed E-state index contributed by atoms with van der Waals surface area (Å²) in [5.41, 5.74) is 2.72. The Kier molecular flexibility index (Phi) is 6.28. The van der Waals surface area contributed by atoms with Crippen molar-refractivity contribution in [2.45, 2.75) is 59.5 Å². The first-order chi connectivity index (χ1) is 8.15. The van der Waals surface area contributed by atoms with Crippen LogP contribution in [0, 0.1) is 12.8 Å². The van der Waals surface area contributed by atoms with Gasteiger partial charge in [0.25, 0.3) is 0 Å². The molecular formula is C16H27N. The van der Waals surface area contributed by atoms with E-state index in [1.807, 2.05) is 0 Å². The molecule has 0 fully saturated rings. The third-order valence-electron chi connectivity index (χ3n) is 3.59. The van der Waals surface area contributed by atoms with Crippen LogP contribution >= 0.6 is 0 Å². The lowest BCUT2D eigenvalue weighted by Gasteiger charge is -2.20. The van der Waals surface area contributed by atoms with E-state index in [1.54, 1.807) is 0 Å². The van der Waals surface area contributed by atoms with Gasteiger partial charge in [-0.05, 0) is 31.2 Å². The maximum atomic E-state index is 3.67. The molecule has 1 aromatic rings. The highest BCUT2D eigenvalue weighted by Crippen LogP contribution is 2.12. The quantitative estimate of drug-likeness (QED) is 0.740. The molecule has 0 aromatic heterocycles. The molecule has 1 aromatic carbocycles. The number of aryl methyl sites for hydroxylation is 1. The average molecular weight is 233 g/mol. The van der Waals surface area contributed by atoms with E-state index in [-0.39, 0.29) is 0 Å². The summed E-state index contributed by atoms with van der Waals surface area (Å²) in [5, 5.41) is 3.67. The van der Waals surface area contributed by atoms with Gasteiger partial charge in [0, 0.05) is 12.6 Å². The van der Waals surface area contributed by atoms with Gasteiger partial charge < -0.3 is 5.32 Å². The molecule has 0 aliphatic heterocycles. The highest BCUT2D eigenvalue weighted by molar-refractivity contribution is 5.21. The molecule has 0 amide bonds. The smallest absolute Gasteiger partial charge is 0.0208 e. The zero-order chi connectivity index (χ0) is 12.7. The molecule has 0 saturated carbocycles. The predicted octanol–water partition coefficient (Wildman–Crippen LogP) is 4.30. The number of benzene rings is 1. The second-order valence-corrected chi connectivity index (χ2v) is 5.22. The molecule has 96 valence electrons. The first-order valence-corrected chi connectivity index (χ1v) is 6.94. The molecule has 0 spiro atoms. The fraction of sp³-hybridized carbons (Fsp3) is 0.625. The van der Waals surface area contributed by atoms with E-state index in [1.165, 1.54) is 30.4 Å². The molecule has 0 heterocycles. The van der Waals surface area contributed by atoms with Gasteiger partial charge in [-0.2, -0.15) is 0 Å². The van der Waals surface area contributed by atoms with Crippen LogP contribution < -0.4 is 5.32 Å². The lowest BCUT2D eigenvalue weighted by molar-refractivity contribution is 0.384. The van der Waals surface area contributed by atoms with Gasteiger partial charge in [0.1, 0.15) is 0 Å². The molecular weight excluding hydrogens is 206 g/mol. The lowest BCUT2D eigenvalue weighted by atomic mass is 9.97. The van der Waals surface area contributed by atoms with Crippen LogP contribution in [0.2, 0.25) is 0 Å². The zero-order valence-corrected chi connectivity index (χ0v) is 11.8. The second-order valence-electron chi connectivity index (χ2n) is 5.22. The molecule has 2 atom stereocenters. The first kappa shape index (κ1) is 14.2. The van der Waals surface area contributed by atoms with Crippen LogP contribution in [0.3, 0.4) is 0 Å². The fourth-order valence-electron chi connectivity index (χ4n) is 2.01. The van der Waals surface area contributed by atoms with Gasteiger partial charge in [-0.25, -0.2) is 0 Å². The summed E-state index contributed by atoms with van der Waals surface area (Å²) in [4.78, 5) is 0. The number of hydrogen-bond acceptors (Lipinski definition) is 1. The van der Waals surface area contributed by atoms with Crippen molar-refractivity contribution >= 4 is 0 Å². The third-order valence-corrected chi connectivity index (χ3v) is 3.59. The van der Waals surface area contributed by atoms with Crippen molar-refractivity contribution in [2.75, 3.05) is 0 Å². The molecule has 1 heteroatoms. The summed E-state index contributed by atoms with van der Waals surface area (Å²) >= 11 is 0. The molecule has 2 unspecified atom stereocenters. The minimum atomic E-state index is 0.659. The normalized spacial score (nSPS) is 14.6. The number of hydrogen-bond donors (Lipinski definition) is 1. The second kappa shape index (κ2) is 7.50. The van der Waals surface area contributed by atoms with Crippen LogP contribution in [0.5, 0.6) is 0 Å². The Morgan fingerprint density at radius 1 is 1.06 bits per heavy atom. The largest absolute Gasteiger partial charge is 0.310 e. The van der Waals surface area contributed by atoms with Gasteiger partial charge in [-0.3, -0.25) is 0 Å². The van der Waals surface area contributed by atoms with E-state index in [9.17, 15) is 0 Å². The predicted molar refractivity (Wildman–Crippen MR) is 76.2 cm³/mol. The van der Waals surface area contributed by atoms with Crippen LogP contribution in [-0.4, -0.2) is 6.04 Å². The molecule has 0 bridgehead atoms. The molecule has 17 heavy (non-hydrogen) atoms. The van der Waals surface area contributed by atoms with Crippen LogP contribution in [0.4, 0.5) is 0 Å². The standard InChI is InChI=1S/C16H27N/c1-5-13(3)11-16(6-2)17-12-15-9-7-14(4)8-10-15/h7-10,13,16-17H,5-6,11-12H2,1-4H3. The first-order valence-electron chi connectivity index (χ1n) is 6.94. The molecule has 0 aliphatic rings. The lowest BCUT2D eigenvalue weighted by Crippen LogP contribution is -2.29. The third kappa shape index (κ3) is 5.36. The van der Waals surface area contributed by atoms with Crippen LogP contribution in [0.15, 0.2) is 24.3 Å². The van der Waals surface area contributed by atoms with Crippen molar-refractivity contribution in [3.63, 3.8) is 0 Å². The Hall–Kier alpha value is -0.820. The Labute approximate surface area is 107 Å². The fourth-order valence-corrected chi connectivity index (χ4v) is 2.01. The molecule has 0 saturated heterocycles. The topological polar surface area (TPSA) is 12.0 Å². The van der Waals surface area contributed by atoms with Crippen LogP contribution in [-0.2, 0) is 6.54 Å². The van der Waals surface area contributed by atoms with Crippen molar-refractivity contribution in [3.05, 3.63) is 35.4 Å². The summed E-state index contributed by atoms with van der Waals surface area (Å²) in [6.45, 7) is 10.0.